The summed E-state index contributed by atoms with van der Waals surface area (Å²) in [6.07, 6.45) is 2.45. The number of carbonyl (C=O) groups is 3. The molecule has 0 aliphatic carbocycles. The van der Waals surface area contributed by atoms with Crippen LogP contribution >= 0.6 is 0 Å². The summed E-state index contributed by atoms with van der Waals surface area (Å²) in [7, 11) is 0. The molecule has 2 aromatic carbocycles. The van der Waals surface area contributed by atoms with Crippen LogP contribution in [0.4, 0.5) is 10.5 Å². The minimum absolute atomic E-state index is 0.0876. The molecule has 2 N–H and O–H groups in total. The van der Waals surface area contributed by atoms with Gasteiger partial charge < -0.3 is 0 Å². The number of hydrogen-bond acceptors (Lipinski definition) is 4. The molecule has 0 heterocycles. The number of carboxylic acids is 1. The number of carboxylic acid groups (broad SMARTS) is 1. The van der Waals surface area contributed by atoms with E-state index in [-0.39, 0.29) is 10.1 Å². The second-order valence-corrected chi connectivity index (χ2v) is 9.26. The standard InChI is InChI=1S/C21H21AsNO5/c1-21(2,3)28-20(27)23-17-10-5-4-9-16(17)22-18(24)12-11-14-7-6-8-15(13-14)19(25)26/h4-13H,1-3H3,(H,23,27)(H,25,26)/b12-11+. The zero-order valence-corrected chi connectivity index (χ0v) is 17.7. The van der Waals surface area contributed by atoms with Crippen LogP contribution in [0.3, 0.4) is 0 Å². The second-order valence-electron chi connectivity index (χ2n) is 6.86. The molecule has 0 atom stereocenters. The molecule has 28 heavy (non-hydrogen) atoms. The number of hydrogen-bond donors (Lipinski definition) is 2. The zero-order chi connectivity index (χ0) is 20.7. The van der Waals surface area contributed by atoms with Crippen molar-refractivity contribution in [3.63, 3.8) is 0 Å². The van der Waals surface area contributed by atoms with Gasteiger partial charge in [0, 0.05) is 0 Å². The van der Waals surface area contributed by atoms with E-state index in [9.17, 15) is 14.4 Å². The summed E-state index contributed by atoms with van der Waals surface area (Å²) in [5, 5.41) is 11.7. The molecular weight excluding hydrogens is 421 g/mol. The zero-order valence-electron chi connectivity index (χ0n) is 15.8. The first-order valence-electron chi connectivity index (χ1n) is 8.50. The Hall–Kier alpha value is -2.85. The van der Waals surface area contributed by atoms with Crippen LogP contribution in [0, 0.1) is 0 Å². The molecule has 2 aromatic rings. The molecule has 0 saturated heterocycles. The maximum atomic E-state index is 12.4. The van der Waals surface area contributed by atoms with Gasteiger partial charge in [-0.3, -0.25) is 0 Å². The third-order valence-corrected chi connectivity index (χ3v) is 5.42. The predicted molar refractivity (Wildman–Crippen MR) is 109 cm³/mol. The Bertz CT molecular complexity index is 915. The van der Waals surface area contributed by atoms with Crippen molar-refractivity contribution in [2.75, 3.05) is 5.32 Å². The predicted octanol–water partition coefficient (Wildman–Crippen LogP) is 3.30. The van der Waals surface area contributed by atoms with Gasteiger partial charge >= 0.3 is 170 Å². The Morgan fingerprint density at radius 1 is 1.07 bits per heavy atom. The molecular formula is C21H21AsNO5. The van der Waals surface area contributed by atoms with Gasteiger partial charge in [-0.2, -0.15) is 0 Å². The van der Waals surface area contributed by atoms with Crippen molar-refractivity contribution in [3.8, 4) is 0 Å². The van der Waals surface area contributed by atoms with E-state index in [4.69, 9.17) is 9.84 Å². The number of benzene rings is 2. The Labute approximate surface area is 170 Å². The normalized spacial score (nSPS) is 11.7. The molecule has 145 valence electrons. The fraction of sp³-hybridized carbons (Fsp3) is 0.190. The number of nitrogens with one attached hydrogen (secondary N) is 1. The van der Waals surface area contributed by atoms with Gasteiger partial charge in [-0.1, -0.05) is 0 Å². The number of anilines is 1. The average molecular weight is 442 g/mol. The first-order chi connectivity index (χ1) is 13.1. The molecule has 6 nitrogen and oxygen atoms in total. The van der Waals surface area contributed by atoms with Crippen LogP contribution in [0.1, 0.15) is 36.7 Å². The number of aromatic carboxylic acids is 1. The van der Waals surface area contributed by atoms with Crippen LogP contribution in [-0.4, -0.2) is 43.1 Å². The summed E-state index contributed by atoms with van der Waals surface area (Å²) in [5.74, 6) is -1.02. The van der Waals surface area contributed by atoms with Crippen molar-refractivity contribution in [1.82, 2.24) is 0 Å². The topological polar surface area (TPSA) is 92.7 Å². The molecule has 0 spiro atoms. The van der Waals surface area contributed by atoms with E-state index in [2.05, 4.69) is 5.32 Å². The Kier molecular flexibility index (Phi) is 7.18. The molecule has 0 saturated carbocycles. The van der Waals surface area contributed by atoms with Crippen LogP contribution < -0.4 is 9.67 Å². The van der Waals surface area contributed by atoms with E-state index in [1.54, 1.807) is 63.2 Å². The number of allylic oxidation sites excluding steroid dienone is 1. The first kappa shape index (κ1) is 21.4. The van der Waals surface area contributed by atoms with Crippen molar-refractivity contribution in [1.29, 1.82) is 0 Å². The van der Waals surface area contributed by atoms with Crippen molar-refractivity contribution in [2.45, 2.75) is 26.4 Å². The third kappa shape index (κ3) is 7.04. The number of ether oxygens (including phenoxy) is 1. The maximum absolute atomic E-state index is 12.4. The van der Waals surface area contributed by atoms with Gasteiger partial charge in [-0.05, 0) is 0 Å². The van der Waals surface area contributed by atoms with E-state index in [1.165, 1.54) is 18.2 Å². The number of amides is 1. The monoisotopic (exact) mass is 442 g/mol. The van der Waals surface area contributed by atoms with Crippen molar-refractivity contribution < 1.29 is 24.2 Å². The molecule has 0 aliphatic heterocycles. The van der Waals surface area contributed by atoms with Gasteiger partial charge in [0.2, 0.25) is 0 Å². The summed E-state index contributed by atoms with van der Waals surface area (Å²) in [4.78, 5) is 35.4. The Morgan fingerprint density at radius 3 is 2.46 bits per heavy atom. The molecule has 0 aliphatic rings. The SMILES string of the molecule is CC(C)(C)OC(=O)Nc1ccccc1[As]C(=O)/C=C/c1cccc(C(=O)O)c1. The van der Waals surface area contributed by atoms with E-state index >= 15 is 0 Å². The van der Waals surface area contributed by atoms with Gasteiger partial charge in [0.05, 0.1) is 0 Å². The molecule has 7 heteroatoms. The summed E-state index contributed by atoms with van der Waals surface area (Å²) < 4.78 is 5.91. The third-order valence-electron chi connectivity index (χ3n) is 3.32. The van der Waals surface area contributed by atoms with Crippen molar-refractivity contribution >= 4 is 48.5 Å². The van der Waals surface area contributed by atoms with Crippen LogP contribution in [0.25, 0.3) is 6.08 Å². The molecule has 2 rings (SSSR count). The summed E-state index contributed by atoms with van der Waals surface area (Å²) in [6, 6.07) is 13.4. The van der Waals surface area contributed by atoms with E-state index < -0.39 is 33.4 Å². The van der Waals surface area contributed by atoms with E-state index in [0.717, 1.165) is 4.35 Å². The van der Waals surface area contributed by atoms with Crippen molar-refractivity contribution in [2.24, 2.45) is 0 Å². The number of para-hydroxylation sites is 1. The molecule has 0 aromatic heterocycles. The van der Waals surface area contributed by atoms with Gasteiger partial charge in [0.25, 0.3) is 0 Å². The van der Waals surface area contributed by atoms with E-state index in [0.29, 0.717) is 11.3 Å². The molecule has 0 bridgehead atoms. The summed E-state index contributed by atoms with van der Waals surface area (Å²) in [6.45, 7) is 5.33. The summed E-state index contributed by atoms with van der Waals surface area (Å²) >= 11 is -0.887. The van der Waals surface area contributed by atoms with Crippen molar-refractivity contribution in [3.05, 3.63) is 65.7 Å². The van der Waals surface area contributed by atoms with Gasteiger partial charge in [-0.25, -0.2) is 0 Å². The molecule has 1 radical (unpaired) electrons. The fourth-order valence-electron chi connectivity index (χ4n) is 2.19. The van der Waals surface area contributed by atoms with Gasteiger partial charge in [0.1, 0.15) is 0 Å². The quantitative estimate of drug-likeness (QED) is 0.529. The molecule has 0 fully saturated rings. The van der Waals surface area contributed by atoms with Gasteiger partial charge in [-0.15, -0.1) is 0 Å². The second kappa shape index (κ2) is 9.38. The number of carbonyl (C=O) groups excluding carboxylic acids is 2. The van der Waals surface area contributed by atoms with E-state index in [1.807, 2.05) is 0 Å². The first-order valence-corrected chi connectivity index (χ1v) is 10.4. The Balaban J connectivity index is 2.07. The Morgan fingerprint density at radius 2 is 1.79 bits per heavy atom. The minimum atomic E-state index is -1.02. The van der Waals surface area contributed by atoms with Crippen LogP contribution in [-0.2, 0) is 9.53 Å². The van der Waals surface area contributed by atoms with Crippen LogP contribution in [0.5, 0.6) is 0 Å². The van der Waals surface area contributed by atoms with Gasteiger partial charge in [0.15, 0.2) is 0 Å². The average Bonchev–Trinajstić information content (AvgIpc) is 2.60. The van der Waals surface area contributed by atoms with Crippen LogP contribution in [0.15, 0.2) is 54.6 Å². The summed E-state index contributed by atoms with van der Waals surface area (Å²) in [5.41, 5.74) is 0.728. The molecule has 1 amide bonds. The van der Waals surface area contributed by atoms with Crippen LogP contribution in [0.2, 0.25) is 0 Å². The number of rotatable bonds is 6. The fourth-order valence-corrected chi connectivity index (χ4v) is 3.86. The molecule has 0 unspecified atom stereocenters.